The number of aliphatic hydroxyl groups is 1. The lowest BCUT2D eigenvalue weighted by atomic mass is 10.3. The molecule has 0 saturated carbocycles. The molecule has 0 radical (unpaired) electrons. The lowest BCUT2D eigenvalue weighted by Crippen LogP contribution is -2.38. The SMILES string of the molecule is CNc1cc(S(=O)(=O)N(CCCO)C(C)C)ccn1. The Labute approximate surface area is 114 Å². The smallest absolute Gasteiger partial charge is 0.243 e. The minimum absolute atomic E-state index is 0.0309. The Hall–Kier alpha value is -1.18. The molecule has 1 heterocycles. The van der Waals surface area contributed by atoms with Crippen molar-refractivity contribution in [2.45, 2.75) is 31.2 Å². The van der Waals surface area contributed by atoms with Gasteiger partial charge in [0.1, 0.15) is 5.82 Å². The number of anilines is 1. The highest BCUT2D eigenvalue weighted by Crippen LogP contribution is 2.20. The molecule has 1 aromatic rings. The van der Waals surface area contributed by atoms with Gasteiger partial charge in [-0.25, -0.2) is 13.4 Å². The molecule has 0 fully saturated rings. The maximum absolute atomic E-state index is 12.5. The summed E-state index contributed by atoms with van der Waals surface area (Å²) >= 11 is 0. The molecule has 1 aromatic heterocycles. The molecule has 6 nitrogen and oxygen atoms in total. The first-order valence-corrected chi connectivity index (χ1v) is 7.64. The van der Waals surface area contributed by atoms with Crippen LogP contribution in [0.3, 0.4) is 0 Å². The third kappa shape index (κ3) is 3.89. The van der Waals surface area contributed by atoms with Gasteiger partial charge in [-0.2, -0.15) is 4.31 Å². The highest BCUT2D eigenvalue weighted by atomic mass is 32.2. The number of hydrogen-bond donors (Lipinski definition) is 2. The molecular formula is C12H21N3O3S. The van der Waals surface area contributed by atoms with Gasteiger partial charge in [-0.1, -0.05) is 0 Å². The summed E-state index contributed by atoms with van der Waals surface area (Å²) in [5.41, 5.74) is 0. The topological polar surface area (TPSA) is 82.5 Å². The second-order valence-electron chi connectivity index (χ2n) is 4.41. The summed E-state index contributed by atoms with van der Waals surface area (Å²) in [6.07, 6.45) is 1.88. The van der Waals surface area contributed by atoms with Gasteiger partial charge in [-0.15, -0.1) is 0 Å². The average molecular weight is 287 g/mol. The molecule has 0 aliphatic heterocycles. The van der Waals surface area contributed by atoms with Crippen LogP contribution in [0.4, 0.5) is 5.82 Å². The van der Waals surface area contributed by atoms with Gasteiger partial charge in [0.15, 0.2) is 0 Å². The maximum Gasteiger partial charge on any atom is 0.243 e. The minimum Gasteiger partial charge on any atom is -0.396 e. The van der Waals surface area contributed by atoms with Crippen molar-refractivity contribution in [3.8, 4) is 0 Å². The highest BCUT2D eigenvalue weighted by molar-refractivity contribution is 7.89. The van der Waals surface area contributed by atoms with Crippen LogP contribution in [0.5, 0.6) is 0 Å². The number of nitrogens with zero attached hydrogens (tertiary/aromatic N) is 2. The van der Waals surface area contributed by atoms with Gasteiger partial charge in [0.2, 0.25) is 10.0 Å². The largest absolute Gasteiger partial charge is 0.396 e. The summed E-state index contributed by atoms with van der Waals surface area (Å²) in [5, 5.41) is 11.7. The fourth-order valence-electron chi connectivity index (χ4n) is 1.73. The zero-order valence-electron chi connectivity index (χ0n) is 11.5. The molecule has 1 rings (SSSR count). The summed E-state index contributed by atoms with van der Waals surface area (Å²) in [4.78, 5) is 4.21. The Balaban J connectivity index is 3.11. The van der Waals surface area contributed by atoms with E-state index in [1.165, 1.54) is 22.6 Å². The van der Waals surface area contributed by atoms with Crippen molar-refractivity contribution < 1.29 is 13.5 Å². The predicted octanol–water partition coefficient (Wildman–Crippen LogP) is 0.905. The van der Waals surface area contributed by atoms with Crippen LogP contribution in [-0.4, -0.2) is 49.1 Å². The molecular weight excluding hydrogens is 266 g/mol. The Morgan fingerprint density at radius 1 is 1.47 bits per heavy atom. The number of aliphatic hydroxyl groups excluding tert-OH is 1. The van der Waals surface area contributed by atoms with E-state index in [0.717, 1.165) is 0 Å². The van der Waals surface area contributed by atoms with Gasteiger partial charge >= 0.3 is 0 Å². The van der Waals surface area contributed by atoms with E-state index in [0.29, 0.717) is 18.8 Å². The maximum atomic E-state index is 12.5. The van der Waals surface area contributed by atoms with Crippen molar-refractivity contribution in [1.29, 1.82) is 0 Å². The van der Waals surface area contributed by atoms with E-state index in [1.807, 2.05) is 13.8 Å². The third-order valence-corrected chi connectivity index (χ3v) is 4.78. The molecule has 0 atom stereocenters. The van der Waals surface area contributed by atoms with E-state index in [9.17, 15) is 8.42 Å². The van der Waals surface area contributed by atoms with Crippen molar-refractivity contribution in [2.75, 3.05) is 25.5 Å². The van der Waals surface area contributed by atoms with Crippen LogP contribution >= 0.6 is 0 Å². The second kappa shape index (κ2) is 6.83. The molecule has 0 bridgehead atoms. The molecule has 19 heavy (non-hydrogen) atoms. The molecule has 0 aliphatic carbocycles. The Bertz CT molecular complexity index is 503. The number of sulfonamides is 1. The standard InChI is InChI=1S/C12H21N3O3S/c1-10(2)15(7-4-8-16)19(17,18)11-5-6-14-12(9-11)13-3/h5-6,9-10,16H,4,7-8H2,1-3H3,(H,13,14). The molecule has 7 heteroatoms. The fourth-order valence-corrected chi connectivity index (χ4v) is 3.41. The highest BCUT2D eigenvalue weighted by Gasteiger charge is 2.26. The van der Waals surface area contributed by atoms with Gasteiger partial charge in [-0.3, -0.25) is 0 Å². The molecule has 0 aromatic carbocycles. The summed E-state index contributed by atoms with van der Waals surface area (Å²) in [6, 6.07) is 2.82. The first-order valence-electron chi connectivity index (χ1n) is 6.20. The van der Waals surface area contributed by atoms with Gasteiger partial charge < -0.3 is 10.4 Å². The zero-order valence-corrected chi connectivity index (χ0v) is 12.3. The summed E-state index contributed by atoms with van der Waals surface area (Å²) in [5.74, 6) is 0.506. The normalized spacial score (nSPS) is 12.1. The number of rotatable bonds is 7. The van der Waals surface area contributed by atoms with E-state index >= 15 is 0 Å². The average Bonchev–Trinajstić information content (AvgIpc) is 2.38. The van der Waals surface area contributed by atoms with Crippen molar-refractivity contribution in [2.24, 2.45) is 0 Å². The summed E-state index contributed by atoms with van der Waals surface area (Å²) < 4.78 is 26.5. The van der Waals surface area contributed by atoms with Crippen LogP contribution in [0.2, 0.25) is 0 Å². The van der Waals surface area contributed by atoms with Gasteiger partial charge in [0.25, 0.3) is 0 Å². The Morgan fingerprint density at radius 3 is 2.68 bits per heavy atom. The van der Waals surface area contributed by atoms with E-state index < -0.39 is 10.0 Å². The van der Waals surface area contributed by atoms with Crippen LogP contribution in [0.25, 0.3) is 0 Å². The number of pyridine rings is 1. The van der Waals surface area contributed by atoms with Crippen molar-refractivity contribution in [1.82, 2.24) is 9.29 Å². The molecule has 0 unspecified atom stereocenters. The molecule has 0 amide bonds. The van der Waals surface area contributed by atoms with Crippen molar-refractivity contribution in [3.63, 3.8) is 0 Å². The van der Waals surface area contributed by atoms with Crippen LogP contribution in [0.1, 0.15) is 20.3 Å². The predicted molar refractivity (Wildman–Crippen MR) is 74.5 cm³/mol. The molecule has 0 aliphatic rings. The summed E-state index contributed by atoms with van der Waals surface area (Å²) in [6.45, 7) is 3.90. The van der Waals surface area contributed by atoms with Crippen LogP contribution in [-0.2, 0) is 10.0 Å². The van der Waals surface area contributed by atoms with Crippen LogP contribution in [0, 0.1) is 0 Å². The first-order chi connectivity index (χ1) is 8.93. The molecule has 2 N–H and O–H groups in total. The second-order valence-corrected chi connectivity index (χ2v) is 6.30. The van der Waals surface area contributed by atoms with E-state index in [-0.39, 0.29) is 17.5 Å². The van der Waals surface area contributed by atoms with Crippen LogP contribution in [0.15, 0.2) is 23.2 Å². The molecule has 0 spiro atoms. The van der Waals surface area contributed by atoms with Gasteiger partial charge in [-0.05, 0) is 26.3 Å². The van der Waals surface area contributed by atoms with E-state index in [1.54, 1.807) is 7.05 Å². The van der Waals surface area contributed by atoms with Crippen molar-refractivity contribution in [3.05, 3.63) is 18.3 Å². The van der Waals surface area contributed by atoms with E-state index in [4.69, 9.17) is 5.11 Å². The fraction of sp³-hybridized carbons (Fsp3) is 0.583. The molecule has 0 saturated heterocycles. The van der Waals surface area contributed by atoms with Crippen molar-refractivity contribution >= 4 is 15.8 Å². The number of nitrogens with one attached hydrogen (secondary N) is 1. The number of aromatic nitrogens is 1. The van der Waals surface area contributed by atoms with Gasteiger partial charge in [0.05, 0.1) is 4.90 Å². The first kappa shape index (κ1) is 15.9. The summed E-state index contributed by atoms with van der Waals surface area (Å²) in [7, 11) is -1.88. The lowest BCUT2D eigenvalue weighted by molar-refractivity contribution is 0.258. The van der Waals surface area contributed by atoms with Gasteiger partial charge in [0, 0.05) is 38.5 Å². The lowest BCUT2D eigenvalue weighted by Gasteiger charge is -2.25. The zero-order chi connectivity index (χ0) is 14.5. The minimum atomic E-state index is -3.56. The quantitative estimate of drug-likeness (QED) is 0.779. The third-order valence-electron chi connectivity index (χ3n) is 2.71. The Kier molecular flexibility index (Phi) is 5.71. The van der Waals surface area contributed by atoms with E-state index in [2.05, 4.69) is 10.3 Å². The monoisotopic (exact) mass is 287 g/mol. The molecule has 108 valence electrons. The Morgan fingerprint density at radius 2 is 2.16 bits per heavy atom. The number of hydrogen-bond acceptors (Lipinski definition) is 5. The van der Waals surface area contributed by atoms with Crippen LogP contribution < -0.4 is 5.32 Å².